The van der Waals surface area contributed by atoms with Crippen LogP contribution in [0.3, 0.4) is 0 Å². The van der Waals surface area contributed by atoms with Crippen molar-refractivity contribution in [2.24, 2.45) is 0 Å². The highest BCUT2D eigenvalue weighted by atomic mass is 16.1. The predicted octanol–water partition coefficient (Wildman–Crippen LogP) is 2.90. The molecule has 0 radical (unpaired) electrons. The molecule has 1 N–H and O–H groups in total. The first-order chi connectivity index (χ1) is 12.7. The van der Waals surface area contributed by atoms with Gasteiger partial charge in [0.15, 0.2) is 0 Å². The molecule has 132 valence electrons. The van der Waals surface area contributed by atoms with Gasteiger partial charge in [-0.1, -0.05) is 24.3 Å². The highest BCUT2D eigenvalue weighted by Crippen LogP contribution is 2.17. The Kier molecular flexibility index (Phi) is 4.39. The lowest BCUT2D eigenvalue weighted by molar-refractivity contribution is -0.121. The molecule has 0 spiro atoms. The Hall–Kier alpha value is -3.15. The molecular formula is C20H21N5O. The van der Waals surface area contributed by atoms with Crippen LogP contribution in [0.4, 0.5) is 0 Å². The third-order valence-corrected chi connectivity index (χ3v) is 4.66. The molecular weight excluding hydrogens is 326 g/mol. The van der Waals surface area contributed by atoms with Crippen molar-refractivity contribution >= 4 is 27.8 Å². The van der Waals surface area contributed by atoms with Crippen LogP contribution in [0.25, 0.3) is 21.9 Å². The van der Waals surface area contributed by atoms with Gasteiger partial charge in [0.2, 0.25) is 5.91 Å². The second-order valence-corrected chi connectivity index (χ2v) is 6.40. The Labute approximate surface area is 151 Å². The fourth-order valence-electron chi connectivity index (χ4n) is 3.23. The highest BCUT2D eigenvalue weighted by molar-refractivity contribution is 5.82. The fraction of sp³-hybridized carbons (Fsp3) is 0.250. The largest absolute Gasteiger partial charge is 0.354 e. The van der Waals surface area contributed by atoms with E-state index in [0.717, 1.165) is 21.9 Å². The van der Waals surface area contributed by atoms with Gasteiger partial charge in [0.25, 0.3) is 0 Å². The molecule has 6 heteroatoms. The molecule has 0 aliphatic carbocycles. The number of hydrogen-bond acceptors (Lipinski definition) is 3. The molecule has 4 aromatic rings. The van der Waals surface area contributed by atoms with Gasteiger partial charge in [-0.3, -0.25) is 9.48 Å². The van der Waals surface area contributed by atoms with Crippen molar-refractivity contribution in [2.75, 3.05) is 6.54 Å². The van der Waals surface area contributed by atoms with Crippen LogP contribution in [-0.2, 0) is 17.9 Å². The number of aromatic nitrogens is 4. The maximum Gasteiger partial charge on any atom is 0.221 e. The van der Waals surface area contributed by atoms with Crippen LogP contribution in [0, 0.1) is 6.92 Å². The fourth-order valence-corrected chi connectivity index (χ4v) is 3.23. The van der Waals surface area contributed by atoms with E-state index in [0.29, 0.717) is 26.1 Å². The van der Waals surface area contributed by atoms with Crippen molar-refractivity contribution in [1.82, 2.24) is 24.6 Å². The number of para-hydroxylation sites is 2. The Morgan fingerprint density at radius 3 is 2.85 bits per heavy atom. The van der Waals surface area contributed by atoms with E-state index in [-0.39, 0.29) is 5.91 Å². The minimum atomic E-state index is 0.0331. The van der Waals surface area contributed by atoms with Gasteiger partial charge in [-0.25, -0.2) is 4.98 Å². The van der Waals surface area contributed by atoms with Gasteiger partial charge in [0.05, 0.1) is 35.6 Å². The quantitative estimate of drug-likeness (QED) is 0.583. The summed E-state index contributed by atoms with van der Waals surface area (Å²) in [5, 5.41) is 8.53. The van der Waals surface area contributed by atoms with Crippen molar-refractivity contribution in [2.45, 2.75) is 26.4 Å². The second kappa shape index (κ2) is 7.00. The number of fused-ring (bicyclic) bond motifs is 2. The second-order valence-electron chi connectivity index (χ2n) is 6.40. The van der Waals surface area contributed by atoms with Gasteiger partial charge < -0.3 is 9.88 Å². The van der Waals surface area contributed by atoms with Gasteiger partial charge >= 0.3 is 0 Å². The summed E-state index contributed by atoms with van der Waals surface area (Å²) in [6.07, 6.45) is 4.09. The normalized spacial score (nSPS) is 11.3. The molecule has 0 fully saturated rings. The van der Waals surface area contributed by atoms with E-state index in [2.05, 4.69) is 33.0 Å². The first-order valence-corrected chi connectivity index (χ1v) is 8.80. The summed E-state index contributed by atoms with van der Waals surface area (Å²) in [7, 11) is 0. The van der Waals surface area contributed by atoms with E-state index < -0.39 is 0 Å². The van der Waals surface area contributed by atoms with Crippen molar-refractivity contribution in [3.05, 3.63) is 60.6 Å². The Balaban J connectivity index is 1.31. The Morgan fingerprint density at radius 2 is 1.92 bits per heavy atom. The number of nitrogens with zero attached hydrogens (tertiary/aromatic N) is 4. The molecule has 0 unspecified atom stereocenters. The zero-order chi connectivity index (χ0) is 17.9. The number of carbonyl (C=O) groups is 1. The van der Waals surface area contributed by atoms with Crippen LogP contribution < -0.4 is 5.32 Å². The van der Waals surface area contributed by atoms with E-state index in [1.807, 2.05) is 53.6 Å². The first-order valence-electron chi connectivity index (χ1n) is 8.80. The van der Waals surface area contributed by atoms with Gasteiger partial charge in [-0.2, -0.15) is 5.10 Å². The lowest BCUT2D eigenvalue weighted by Gasteiger charge is -2.08. The van der Waals surface area contributed by atoms with Crippen molar-refractivity contribution < 1.29 is 4.79 Å². The van der Waals surface area contributed by atoms with Gasteiger partial charge in [-0.15, -0.1) is 0 Å². The molecule has 2 aromatic heterocycles. The summed E-state index contributed by atoms with van der Waals surface area (Å²) >= 11 is 0. The van der Waals surface area contributed by atoms with Crippen molar-refractivity contribution in [1.29, 1.82) is 0 Å². The van der Waals surface area contributed by atoms with Crippen LogP contribution in [0.1, 0.15) is 12.0 Å². The average Bonchev–Trinajstić information content (AvgIpc) is 3.25. The molecule has 4 rings (SSSR count). The SMILES string of the molecule is Cc1cccc2c1cnn2CCC(=O)NCCn1cnc2ccccc21. The number of aryl methyl sites for hydroxylation is 2. The number of nitrogens with one attached hydrogen (secondary N) is 1. The van der Waals surface area contributed by atoms with E-state index in [1.165, 1.54) is 5.56 Å². The topological polar surface area (TPSA) is 64.7 Å². The lowest BCUT2D eigenvalue weighted by Crippen LogP contribution is -2.28. The minimum absolute atomic E-state index is 0.0331. The predicted molar refractivity (Wildman–Crippen MR) is 102 cm³/mol. The molecule has 2 aromatic carbocycles. The van der Waals surface area contributed by atoms with Crippen molar-refractivity contribution in [3.63, 3.8) is 0 Å². The van der Waals surface area contributed by atoms with E-state index in [4.69, 9.17) is 0 Å². The zero-order valence-electron chi connectivity index (χ0n) is 14.7. The molecule has 26 heavy (non-hydrogen) atoms. The molecule has 0 saturated heterocycles. The minimum Gasteiger partial charge on any atom is -0.354 e. The van der Waals surface area contributed by atoms with Crippen LogP contribution in [0.2, 0.25) is 0 Å². The molecule has 2 heterocycles. The first kappa shape index (κ1) is 16.3. The maximum atomic E-state index is 12.2. The van der Waals surface area contributed by atoms with Crippen LogP contribution in [0.5, 0.6) is 0 Å². The summed E-state index contributed by atoms with van der Waals surface area (Å²) in [5.41, 5.74) is 4.33. The maximum absolute atomic E-state index is 12.2. The molecule has 0 aliphatic rings. The Bertz CT molecular complexity index is 1060. The molecule has 0 atom stereocenters. The van der Waals surface area contributed by atoms with E-state index in [1.54, 1.807) is 0 Å². The van der Waals surface area contributed by atoms with Crippen LogP contribution in [-0.4, -0.2) is 31.8 Å². The zero-order valence-corrected chi connectivity index (χ0v) is 14.7. The number of rotatable bonds is 6. The van der Waals surface area contributed by atoms with E-state index >= 15 is 0 Å². The van der Waals surface area contributed by atoms with Gasteiger partial charge in [-0.05, 0) is 30.7 Å². The summed E-state index contributed by atoms with van der Waals surface area (Å²) < 4.78 is 3.95. The average molecular weight is 347 g/mol. The number of benzene rings is 2. The van der Waals surface area contributed by atoms with Crippen molar-refractivity contribution in [3.8, 4) is 0 Å². The summed E-state index contributed by atoms with van der Waals surface area (Å²) in [6.45, 7) is 3.93. The molecule has 6 nitrogen and oxygen atoms in total. The van der Waals surface area contributed by atoms with E-state index in [9.17, 15) is 4.79 Å². The van der Waals surface area contributed by atoms with Gasteiger partial charge in [0.1, 0.15) is 0 Å². The van der Waals surface area contributed by atoms with Gasteiger partial charge in [0, 0.05) is 24.9 Å². The number of amides is 1. The molecule has 0 aliphatic heterocycles. The molecule has 0 bridgehead atoms. The van der Waals surface area contributed by atoms with Crippen LogP contribution >= 0.6 is 0 Å². The third kappa shape index (κ3) is 3.18. The number of carbonyl (C=O) groups excluding carboxylic acids is 1. The summed E-state index contributed by atoms with van der Waals surface area (Å²) in [5.74, 6) is 0.0331. The summed E-state index contributed by atoms with van der Waals surface area (Å²) in [4.78, 5) is 16.5. The highest BCUT2D eigenvalue weighted by Gasteiger charge is 2.07. The summed E-state index contributed by atoms with van der Waals surface area (Å²) in [6, 6.07) is 14.1. The standard InChI is InChI=1S/C20H21N5O/c1-15-5-4-8-18-16(15)13-23-25(18)11-9-20(26)21-10-12-24-14-22-17-6-2-3-7-19(17)24/h2-8,13-14H,9-12H2,1H3,(H,21,26). The lowest BCUT2D eigenvalue weighted by atomic mass is 10.1. The monoisotopic (exact) mass is 347 g/mol. The molecule has 0 saturated carbocycles. The molecule has 1 amide bonds. The number of imidazole rings is 1. The number of hydrogen-bond donors (Lipinski definition) is 1. The Morgan fingerprint density at radius 1 is 1.08 bits per heavy atom. The third-order valence-electron chi connectivity index (χ3n) is 4.66. The smallest absolute Gasteiger partial charge is 0.221 e. The van der Waals surface area contributed by atoms with Crippen LogP contribution in [0.15, 0.2) is 55.0 Å².